The number of amides is 1. The first-order valence-corrected chi connectivity index (χ1v) is 6.12. The summed E-state index contributed by atoms with van der Waals surface area (Å²) in [5.74, 6) is -0.156. The van der Waals surface area contributed by atoms with E-state index in [4.69, 9.17) is 23.2 Å². The molecule has 6 heteroatoms. The Morgan fingerprint density at radius 2 is 2.35 bits per heavy atom. The lowest BCUT2D eigenvalue weighted by atomic mass is 10.2. The molecule has 1 fully saturated rings. The molecule has 0 aromatic carbocycles. The summed E-state index contributed by atoms with van der Waals surface area (Å²) in [6.07, 6.45) is 2.40. The molecule has 0 aliphatic carbocycles. The van der Waals surface area contributed by atoms with Crippen molar-refractivity contribution in [2.45, 2.75) is 12.5 Å². The summed E-state index contributed by atoms with van der Waals surface area (Å²) in [4.78, 5) is 17.9. The van der Waals surface area contributed by atoms with Crippen molar-refractivity contribution in [2.24, 2.45) is 0 Å². The van der Waals surface area contributed by atoms with Gasteiger partial charge in [0.15, 0.2) is 0 Å². The highest BCUT2D eigenvalue weighted by atomic mass is 35.5. The van der Waals surface area contributed by atoms with Crippen molar-refractivity contribution in [1.29, 1.82) is 0 Å². The molecule has 2 rings (SSSR count). The van der Waals surface area contributed by atoms with Gasteiger partial charge in [0, 0.05) is 18.8 Å². The van der Waals surface area contributed by atoms with E-state index in [0.29, 0.717) is 10.6 Å². The molecule has 4 nitrogen and oxygen atoms in total. The fourth-order valence-corrected chi connectivity index (χ4v) is 2.14. The highest BCUT2D eigenvalue weighted by molar-refractivity contribution is 6.41. The SMILES string of the molecule is CN1CCC(NC(=O)c2cnc(Cl)c(Cl)c2)C1. The maximum absolute atomic E-state index is 11.9. The van der Waals surface area contributed by atoms with Crippen molar-refractivity contribution >= 4 is 29.1 Å². The number of likely N-dealkylation sites (tertiary alicyclic amines) is 1. The van der Waals surface area contributed by atoms with Crippen molar-refractivity contribution < 1.29 is 4.79 Å². The zero-order valence-electron chi connectivity index (χ0n) is 9.41. The van der Waals surface area contributed by atoms with Gasteiger partial charge in [-0.3, -0.25) is 4.79 Å². The molecule has 1 aliphatic rings. The molecule has 0 radical (unpaired) electrons. The molecule has 1 saturated heterocycles. The zero-order valence-corrected chi connectivity index (χ0v) is 10.9. The number of hydrogen-bond acceptors (Lipinski definition) is 3. The van der Waals surface area contributed by atoms with E-state index in [9.17, 15) is 4.79 Å². The van der Waals surface area contributed by atoms with Gasteiger partial charge in [-0.1, -0.05) is 23.2 Å². The van der Waals surface area contributed by atoms with Gasteiger partial charge in [0.1, 0.15) is 5.15 Å². The molecule has 2 heterocycles. The second-order valence-electron chi connectivity index (χ2n) is 4.22. The van der Waals surface area contributed by atoms with E-state index in [0.717, 1.165) is 19.5 Å². The Bertz CT molecular complexity index is 439. The van der Waals surface area contributed by atoms with Crippen LogP contribution in [0.4, 0.5) is 0 Å². The van der Waals surface area contributed by atoms with Gasteiger partial charge < -0.3 is 10.2 Å². The molecule has 0 saturated carbocycles. The lowest BCUT2D eigenvalue weighted by Gasteiger charge is -2.12. The average Bonchev–Trinajstić information content (AvgIpc) is 2.68. The molecule has 92 valence electrons. The number of likely N-dealkylation sites (N-methyl/N-ethyl adjacent to an activating group) is 1. The smallest absolute Gasteiger partial charge is 0.253 e. The van der Waals surface area contributed by atoms with Gasteiger partial charge in [0.05, 0.1) is 10.6 Å². The average molecular weight is 274 g/mol. The monoisotopic (exact) mass is 273 g/mol. The van der Waals surface area contributed by atoms with Gasteiger partial charge in [0.2, 0.25) is 0 Å². The lowest BCUT2D eigenvalue weighted by molar-refractivity contribution is 0.0938. The molecular formula is C11H13Cl2N3O. The Morgan fingerprint density at radius 3 is 2.94 bits per heavy atom. The summed E-state index contributed by atoms with van der Waals surface area (Å²) in [7, 11) is 2.03. The van der Waals surface area contributed by atoms with Crippen LogP contribution < -0.4 is 5.32 Å². The number of carbonyl (C=O) groups excluding carboxylic acids is 1. The second kappa shape index (κ2) is 5.21. The Hall–Kier alpha value is -0.840. The number of pyridine rings is 1. The van der Waals surface area contributed by atoms with Gasteiger partial charge in [-0.05, 0) is 26.1 Å². The van der Waals surface area contributed by atoms with Crippen LogP contribution in [0.25, 0.3) is 0 Å². The molecule has 1 aromatic rings. The zero-order chi connectivity index (χ0) is 12.4. The van der Waals surface area contributed by atoms with E-state index in [2.05, 4.69) is 15.2 Å². The second-order valence-corrected chi connectivity index (χ2v) is 4.98. The quantitative estimate of drug-likeness (QED) is 0.837. The van der Waals surface area contributed by atoms with Crippen molar-refractivity contribution in [2.75, 3.05) is 20.1 Å². The van der Waals surface area contributed by atoms with Crippen molar-refractivity contribution in [1.82, 2.24) is 15.2 Å². The summed E-state index contributed by atoms with van der Waals surface area (Å²) in [6, 6.07) is 1.73. The van der Waals surface area contributed by atoms with E-state index in [1.807, 2.05) is 7.05 Å². The van der Waals surface area contributed by atoms with E-state index in [1.54, 1.807) is 0 Å². The number of rotatable bonds is 2. The molecule has 17 heavy (non-hydrogen) atoms. The molecular weight excluding hydrogens is 261 g/mol. The van der Waals surface area contributed by atoms with Crippen LogP contribution in [0.5, 0.6) is 0 Å². The van der Waals surface area contributed by atoms with Crippen molar-refractivity contribution in [3.05, 3.63) is 28.0 Å². The molecule has 1 aliphatic heterocycles. The standard InChI is InChI=1S/C11H13Cl2N3O/c1-16-3-2-8(6-16)15-11(17)7-4-9(12)10(13)14-5-7/h4-5,8H,2-3,6H2,1H3,(H,15,17). The fraction of sp³-hybridized carbons (Fsp3) is 0.455. The molecule has 1 atom stereocenters. The third-order valence-electron chi connectivity index (χ3n) is 2.79. The van der Waals surface area contributed by atoms with Crippen LogP contribution in [0.1, 0.15) is 16.8 Å². The summed E-state index contributed by atoms with van der Waals surface area (Å²) < 4.78 is 0. The van der Waals surface area contributed by atoms with Crippen LogP contribution in [0.3, 0.4) is 0 Å². The highest BCUT2D eigenvalue weighted by Gasteiger charge is 2.21. The molecule has 1 N–H and O–H groups in total. The van der Waals surface area contributed by atoms with Crippen LogP contribution >= 0.6 is 23.2 Å². The highest BCUT2D eigenvalue weighted by Crippen LogP contribution is 2.19. The number of hydrogen-bond donors (Lipinski definition) is 1. The predicted octanol–water partition coefficient (Wildman–Crippen LogP) is 1.82. The van der Waals surface area contributed by atoms with Gasteiger partial charge in [-0.25, -0.2) is 4.98 Å². The van der Waals surface area contributed by atoms with Gasteiger partial charge in [-0.15, -0.1) is 0 Å². The van der Waals surface area contributed by atoms with Gasteiger partial charge in [0.25, 0.3) is 5.91 Å². The topological polar surface area (TPSA) is 45.2 Å². The largest absolute Gasteiger partial charge is 0.348 e. The Kier molecular flexibility index (Phi) is 3.86. The lowest BCUT2D eigenvalue weighted by Crippen LogP contribution is -2.36. The minimum atomic E-state index is -0.156. The first-order chi connectivity index (χ1) is 8.06. The first-order valence-electron chi connectivity index (χ1n) is 5.36. The predicted molar refractivity (Wildman–Crippen MR) is 67.6 cm³/mol. The van der Waals surface area contributed by atoms with Gasteiger partial charge in [-0.2, -0.15) is 0 Å². The van der Waals surface area contributed by atoms with E-state index < -0.39 is 0 Å². The van der Waals surface area contributed by atoms with Crippen LogP contribution in [0.15, 0.2) is 12.3 Å². The maximum atomic E-state index is 11.9. The summed E-state index contributed by atoms with van der Waals surface area (Å²) in [5.41, 5.74) is 0.439. The number of nitrogens with zero attached hydrogens (tertiary/aromatic N) is 2. The van der Waals surface area contributed by atoms with E-state index in [-0.39, 0.29) is 17.1 Å². The molecule has 0 bridgehead atoms. The minimum Gasteiger partial charge on any atom is -0.348 e. The van der Waals surface area contributed by atoms with E-state index in [1.165, 1.54) is 12.3 Å². The maximum Gasteiger partial charge on any atom is 0.253 e. The summed E-state index contributed by atoms with van der Waals surface area (Å²) >= 11 is 11.5. The van der Waals surface area contributed by atoms with Gasteiger partial charge >= 0.3 is 0 Å². The third kappa shape index (κ3) is 3.09. The third-order valence-corrected chi connectivity index (χ3v) is 3.47. The van der Waals surface area contributed by atoms with Crippen LogP contribution in [-0.2, 0) is 0 Å². The minimum absolute atomic E-state index is 0.156. The Balaban J connectivity index is 2.02. The van der Waals surface area contributed by atoms with Crippen molar-refractivity contribution in [3.8, 4) is 0 Å². The molecule has 1 amide bonds. The van der Waals surface area contributed by atoms with Crippen LogP contribution in [0.2, 0.25) is 10.2 Å². The number of halogens is 2. The Morgan fingerprint density at radius 1 is 1.59 bits per heavy atom. The Labute approximate surface area is 110 Å². The molecule has 0 spiro atoms. The number of nitrogens with one attached hydrogen (secondary N) is 1. The normalized spacial score (nSPS) is 20.5. The number of aromatic nitrogens is 1. The van der Waals surface area contributed by atoms with Crippen molar-refractivity contribution in [3.63, 3.8) is 0 Å². The van der Waals surface area contributed by atoms with Crippen LogP contribution in [0, 0.1) is 0 Å². The first kappa shape index (κ1) is 12.6. The molecule has 1 aromatic heterocycles. The fourth-order valence-electron chi connectivity index (χ4n) is 1.87. The van der Waals surface area contributed by atoms with Crippen LogP contribution in [-0.4, -0.2) is 42.0 Å². The molecule has 1 unspecified atom stereocenters. The van der Waals surface area contributed by atoms with E-state index >= 15 is 0 Å². The number of carbonyl (C=O) groups is 1. The summed E-state index contributed by atoms with van der Waals surface area (Å²) in [6.45, 7) is 1.88. The summed E-state index contributed by atoms with van der Waals surface area (Å²) in [5, 5.41) is 3.46.